The average molecular weight is 382 g/mol. The van der Waals surface area contributed by atoms with E-state index >= 15 is 0 Å². The lowest BCUT2D eigenvalue weighted by molar-refractivity contribution is -0.126. The fourth-order valence-electron chi connectivity index (χ4n) is 2.85. The Hall–Kier alpha value is -1.40. The van der Waals surface area contributed by atoms with E-state index < -0.39 is 0 Å². The molecule has 1 aromatic carbocycles. The number of amides is 2. The van der Waals surface area contributed by atoms with E-state index in [1.807, 2.05) is 25.1 Å². The van der Waals surface area contributed by atoms with Gasteiger partial charge in [-0.25, -0.2) is 0 Å². The van der Waals surface area contributed by atoms with Crippen LogP contribution in [0.2, 0.25) is 0 Å². The van der Waals surface area contributed by atoms with Crippen LogP contribution in [-0.2, 0) is 9.59 Å². The van der Waals surface area contributed by atoms with Gasteiger partial charge in [-0.15, -0.1) is 0 Å². The van der Waals surface area contributed by atoms with E-state index in [4.69, 9.17) is 5.73 Å². The number of aryl methyl sites for hydroxylation is 1. The Morgan fingerprint density at radius 3 is 2.87 bits per heavy atom. The molecule has 1 aromatic rings. The summed E-state index contributed by atoms with van der Waals surface area (Å²) in [4.78, 5) is 24.1. The largest absolute Gasteiger partial charge is 0.355 e. The predicted octanol–water partition coefficient (Wildman–Crippen LogP) is 2.72. The van der Waals surface area contributed by atoms with Crippen LogP contribution in [0, 0.1) is 12.8 Å². The van der Waals surface area contributed by atoms with Crippen LogP contribution in [0.15, 0.2) is 22.7 Å². The first-order valence-electron chi connectivity index (χ1n) is 8.05. The van der Waals surface area contributed by atoms with E-state index in [1.165, 1.54) is 0 Å². The molecule has 0 aliphatic heterocycles. The highest BCUT2D eigenvalue weighted by molar-refractivity contribution is 9.10. The number of benzene rings is 1. The van der Waals surface area contributed by atoms with E-state index in [0.717, 1.165) is 41.4 Å². The number of carbonyl (C=O) groups excluding carboxylic acids is 2. The first-order valence-corrected chi connectivity index (χ1v) is 8.84. The summed E-state index contributed by atoms with van der Waals surface area (Å²) in [5.41, 5.74) is 7.69. The summed E-state index contributed by atoms with van der Waals surface area (Å²) in [6.07, 6.45) is 3.90. The summed E-state index contributed by atoms with van der Waals surface area (Å²) in [5, 5.41) is 5.72. The van der Waals surface area contributed by atoms with E-state index in [1.54, 1.807) is 0 Å². The summed E-state index contributed by atoms with van der Waals surface area (Å²) in [6, 6.07) is 5.87. The smallest absolute Gasteiger partial charge is 0.226 e. The van der Waals surface area contributed by atoms with Crippen molar-refractivity contribution >= 4 is 33.4 Å². The topological polar surface area (TPSA) is 84.2 Å². The summed E-state index contributed by atoms with van der Waals surface area (Å²) < 4.78 is 0.917. The number of anilines is 1. The second-order valence-corrected chi connectivity index (χ2v) is 7.09. The Balaban J connectivity index is 1.74. The van der Waals surface area contributed by atoms with Crippen molar-refractivity contribution in [1.82, 2.24) is 5.32 Å². The molecule has 0 aromatic heterocycles. The molecule has 2 atom stereocenters. The molecule has 0 spiro atoms. The summed E-state index contributed by atoms with van der Waals surface area (Å²) in [7, 11) is 0. The molecule has 1 aliphatic carbocycles. The van der Waals surface area contributed by atoms with Crippen LogP contribution >= 0.6 is 15.9 Å². The van der Waals surface area contributed by atoms with E-state index in [0.29, 0.717) is 6.54 Å². The summed E-state index contributed by atoms with van der Waals surface area (Å²) >= 11 is 3.39. The fraction of sp³-hybridized carbons (Fsp3) is 0.529. The molecule has 4 N–H and O–H groups in total. The minimum atomic E-state index is -0.105. The van der Waals surface area contributed by atoms with Crippen molar-refractivity contribution in [1.29, 1.82) is 0 Å². The van der Waals surface area contributed by atoms with Gasteiger partial charge in [-0.2, -0.15) is 0 Å². The molecule has 2 rings (SSSR count). The Morgan fingerprint density at radius 2 is 2.13 bits per heavy atom. The van der Waals surface area contributed by atoms with Gasteiger partial charge in [0.05, 0.1) is 0 Å². The van der Waals surface area contributed by atoms with Crippen molar-refractivity contribution in [2.45, 2.75) is 45.1 Å². The van der Waals surface area contributed by atoms with Gasteiger partial charge in [0.25, 0.3) is 0 Å². The molecule has 5 nitrogen and oxygen atoms in total. The second-order valence-electron chi connectivity index (χ2n) is 6.17. The van der Waals surface area contributed by atoms with Crippen LogP contribution in [0.3, 0.4) is 0 Å². The molecule has 2 amide bonds. The molecular weight excluding hydrogens is 358 g/mol. The van der Waals surface area contributed by atoms with Crippen LogP contribution in [-0.4, -0.2) is 24.4 Å². The monoisotopic (exact) mass is 381 g/mol. The van der Waals surface area contributed by atoms with E-state index in [2.05, 4.69) is 26.6 Å². The highest BCUT2D eigenvalue weighted by Crippen LogP contribution is 2.23. The van der Waals surface area contributed by atoms with Gasteiger partial charge < -0.3 is 16.4 Å². The average Bonchev–Trinajstić information content (AvgIpc) is 2.51. The highest BCUT2D eigenvalue weighted by atomic mass is 79.9. The maximum absolute atomic E-state index is 12.1. The zero-order valence-corrected chi connectivity index (χ0v) is 15.0. The lowest BCUT2D eigenvalue weighted by atomic mass is 9.85. The minimum absolute atomic E-state index is 0.00543. The van der Waals surface area contributed by atoms with Crippen molar-refractivity contribution in [3.63, 3.8) is 0 Å². The van der Waals surface area contributed by atoms with Crippen molar-refractivity contribution in [2.75, 3.05) is 11.9 Å². The van der Waals surface area contributed by atoms with E-state index in [-0.39, 0.29) is 30.2 Å². The molecule has 6 heteroatoms. The van der Waals surface area contributed by atoms with Crippen LogP contribution < -0.4 is 16.4 Å². The zero-order valence-electron chi connectivity index (χ0n) is 13.4. The maximum atomic E-state index is 12.1. The Kier molecular flexibility index (Phi) is 6.59. The molecular formula is C17H24BrN3O2. The van der Waals surface area contributed by atoms with Crippen LogP contribution in [0.4, 0.5) is 5.69 Å². The summed E-state index contributed by atoms with van der Waals surface area (Å²) in [5.74, 6) is -0.0902. The molecule has 1 fully saturated rings. The van der Waals surface area contributed by atoms with Crippen molar-refractivity contribution in [2.24, 2.45) is 11.7 Å². The summed E-state index contributed by atoms with van der Waals surface area (Å²) in [6.45, 7) is 2.29. The fourth-order valence-corrected chi connectivity index (χ4v) is 3.21. The molecule has 126 valence electrons. The third-order valence-electron chi connectivity index (χ3n) is 4.21. The molecule has 2 unspecified atom stereocenters. The third-order valence-corrected chi connectivity index (χ3v) is 4.70. The number of nitrogens with one attached hydrogen (secondary N) is 2. The van der Waals surface area contributed by atoms with Gasteiger partial charge >= 0.3 is 0 Å². The number of hydrogen-bond acceptors (Lipinski definition) is 3. The molecule has 23 heavy (non-hydrogen) atoms. The highest BCUT2D eigenvalue weighted by Gasteiger charge is 2.25. The quantitative estimate of drug-likeness (QED) is 0.732. The molecule has 0 heterocycles. The molecule has 0 bridgehead atoms. The SMILES string of the molecule is Cc1ccc(Br)cc1NC(=O)CCNC(=O)C1CCCC(N)C1. The Bertz CT molecular complexity index is 577. The lowest BCUT2D eigenvalue weighted by Crippen LogP contribution is -2.38. The molecule has 1 aliphatic rings. The van der Waals surface area contributed by atoms with Crippen molar-refractivity contribution in [3.8, 4) is 0 Å². The minimum Gasteiger partial charge on any atom is -0.355 e. The van der Waals surface area contributed by atoms with Crippen LogP contribution in [0.5, 0.6) is 0 Å². The van der Waals surface area contributed by atoms with Crippen LogP contribution in [0.25, 0.3) is 0 Å². The number of halogens is 1. The zero-order chi connectivity index (χ0) is 16.8. The predicted molar refractivity (Wildman–Crippen MR) is 95.1 cm³/mol. The standard InChI is InChI=1S/C17H24BrN3O2/c1-11-5-6-13(18)10-15(11)21-16(22)7-8-20-17(23)12-3-2-4-14(19)9-12/h5-6,10,12,14H,2-4,7-9,19H2,1H3,(H,20,23)(H,21,22). The number of rotatable bonds is 5. The number of hydrogen-bond donors (Lipinski definition) is 3. The van der Waals surface area contributed by atoms with Gasteiger partial charge in [0.2, 0.25) is 11.8 Å². The van der Waals surface area contributed by atoms with Gasteiger partial charge in [0.1, 0.15) is 0 Å². The van der Waals surface area contributed by atoms with Gasteiger partial charge in [0.15, 0.2) is 0 Å². The van der Waals surface area contributed by atoms with Crippen molar-refractivity contribution < 1.29 is 9.59 Å². The normalized spacial score (nSPS) is 20.8. The molecule has 0 radical (unpaired) electrons. The van der Waals surface area contributed by atoms with Gasteiger partial charge in [0, 0.05) is 35.1 Å². The first-order chi connectivity index (χ1) is 11.0. The van der Waals surface area contributed by atoms with E-state index in [9.17, 15) is 9.59 Å². The molecule has 1 saturated carbocycles. The number of carbonyl (C=O) groups is 2. The Labute approximate surface area is 145 Å². The maximum Gasteiger partial charge on any atom is 0.226 e. The first kappa shape index (κ1) is 17.9. The third kappa shape index (κ3) is 5.62. The lowest BCUT2D eigenvalue weighted by Gasteiger charge is -2.25. The van der Waals surface area contributed by atoms with Crippen molar-refractivity contribution in [3.05, 3.63) is 28.2 Å². The van der Waals surface area contributed by atoms with Crippen LogP contribution in [0.1, 0.15) is 37.7 Å². The van der Waals surface area contributed by atoms with Gasteiger partial charge in [-0.05, 0) is 43.9 Å². The second kappa shape index (κ2) is 8.45. The van der Waals surface area contributed by atoms with Gasteiger partial charge in [-0.3, -0.25) is 9.59 Å². The van der Waals surface area contributed by atoms with Gasteiger partial charge in [-0.1, -0.05) is 28.4 Å². The number of nitrogens with two attached hydrogens (primary N) is 1. The Morgan fingerprint density at radius 1 is 1.35 bits per heavy atom. The molecule has 0 saturated heterocycles.